The Morgan fingerprint density at radius 2 is 1.88 bits per heavy atom. The summed E-state index contributed by atoms with van der Waals surface area (Å²) in [6.45, 7) is 10.7. The first-order valence-corrected chi connectivity index (χ1v) is 6.62. The molecule has 0 bridgehead atoms. The zero-order valence-electron chi connectivity index (χ0n) is 11.3. The number of rotatable bonds is 5. The zero-order valence-corrected chi connectivity index (χ0v) is 12.0. The van der Waals surface area contributed by atoms with Crippen LogP contribution in [-0.2, 0) is 0 Å². The van der Waals surface area contributed by atoms with Crippen molar-refractivity contribution in [3.8, 4) is 0 Å². The molecule has 3 nitrogen and oxygen atoms in total. The SMILES string of the molecule is CCC(Nc1cc(Cl)nc(C(C)C)n1)C(C)C. The van der Waals surface area contributed by atoms with E-state index in [1.165, 1.54) is 0 Å². The van der Waals surface area contributed by atoms with Crippen LogP contribution in [0.4, 0.5) is 5.82 Å². The van der Waals surface area contributed by atoms with Crippen molar-refractivity contribution in [1.29, 1.82) is 0 Å². The highest BCUT2D eigenvalue weighted by Crippen LogP contribution is 2.19. The molecule has 0 aliphatic heterocycles. The zero-order chi connectivity index (χ0) is 13.0. The van der Waals surface area contributed by atoms with Crippen molar-refractivity contribution in [2.24, 2.45) is 5.92 Å². The molecule has 1 unspecified atom stereocenters. The number of hydrogen-bond acceptors (Lipinski definition) is 3. The van der Waals surface area contributed by atoms with Gasteiger partial charge in [-0.05, 0) is 12.3 Å². The smallest absolute Gasteiger partial charge is 0.135 e. The molecule has 1 aromatic rings. The Kier molecular flexibility index (Phi) is 5.19. The summed E-state index contributed by atoms with van der Waals surface area (Å²) >= 11 is 6.01. The first kappa shape index (κ1) is 14.2. The van der Waals surface area contributed by atoms with E-state index in [4.69, 9.17) is 11.6 Å². The van der Waals surface area contributed by atoms with Crippen molar-refractivity contribution >= 4 is 17.4 Å². The molecule has 0 saturated heterocycles. The molecule has 0 saturated carbocycles. The quantitative estimate of drug-likeness (QED) is 0.805. The third-order valence-electron chi connectivity index (χ3n) is 2.81. The Hall–Kier alpha value is -0.830. The van der Waals surface area contributed by atoms with E-state index in [0.29, 0.717) is 17.1 Å². The molecule has 4 heteroatoms. The Bertz CT molecular complexity index is 364. The molecular weight excluding hydrogens is 234 g/mol. The molecule has 1 N–H and O–H groups in total. The molecule has 0 amide bonds. The Morgan fingerprint density at radius 1 is 1.24 bits per heavy atom. The Labute approximate surface area is 109 Å². The Morgan fingerprint density at radius 3 is 2.35 bits per heavy atom. The lowest BCUT2D eigenvalue weighted by Crippen LogP contribution is -2.25. The van der Waals surface area contributed by atoms with E-state index < -0.39 is 0 Å². The van der Waals surface area contributed by atoms with Gasteiger partial charge in [-0.15, -0.1) is 0 Å². The monoisotopic (exact) mass is 255 g/mol. The van der Waals surface area contributed by atoms with Gasteiger partial charge in [-0.2, -0.15) is 0 Å². The summed E-state index contributed by atoms with van der Waals surface area (Å²) in [6, 6.07) is 2.21. The molecular formula is C13H22ClN3. The highest BCUT2D eigenvalue weighted by Gasteiger charge is 2.13. The minimum Gasteiger partial charge on any atom is -0.367 e. The third-order valence-corrected chi connectivity index (χ3v) is 3.00. The van der Waals surface area contributed by atoms with E-state index in [0.717, 1.165) is 18.1 Å². The van der Waals surface area contributed by atoms with Crippen LogP contribution in [0.25, 0.3) is 0 Å². The maximum absolute atomic E-state index is 6.01. The van der Waals surface area contributed by atoms with Crippen molar-refractivity contribution in [3.63, 3.8) is 0 Å². The molecule has 0 aliphatic carbocycles. The molecule has 17 heavy (non-hydrogen) atoms. The van der Waals surface area contributed by atoms with Crippen molar-refractivity contribution in [2.45, 2.75) is 53.0 Å². The van der Waals surface area contributed by atoms with E-state index in [-0.39, 0.29) is 5.92 Å². The standard InChI is InChI=1S/C13H22ClN3/c1-6-10(8(2)3)15-12-7-11(14)16-13(17-12)9(4)5/h7-10H,6H2,1-5H3,(H,15,16,17). The average Bonchev–Trinajstić information content (AvgIpc) is 2.24. The van der Waals surface area contributed by atoms with Gasteiger partial charge in [0.05, 0.1) is 0 Å². The number of anilines is 1. The molecule has 1 atom stereocenters. The predicted molar refractivity (Wildman–Crippen MR) is 73.7 cm³/mol. The van der Waals surface area contributed by atoms with Gasteiger partial charge in [-0.25, -0.2) is 9.97 Å². The maximum Gasteiger partial charge on any atom is 0.135 e. The van der Waals surface area contributed by atoms with E-state index in [1.807, 2.05) is 0 Å². The highest BCUT2D eigenvalue weighted by atomic mass is 35.5. The molecule has 1 heterocycles. The molecule has 0 spiro atoms. The van der Waals surface area contributed by atoms with Crippen molar-refractivity contribution < 1.29 is 0 Å². The molecule has 0 radical (unpaired) electrons. The lowest BCUT2D eigenvalue weighted by atomic mass is 10.0. The molecule has 0 aliphatic rings. The van der Waals surface area contributed by atoms with Gasteiger partial charge in [0.15, 0.2) is 0 Å². The molecule has 1 aromatic heterocycles. The summed E-state index contributed by atoms with van der Waals surface area (Å²) in [7, 11) is 0. The largest absolute Gasteiger partial charge is 0.367 e. The van der Waals surface area contributed by atoms with Crippen LogP contribution in [0.1, 0.15) is 52.8 Å². The van der Waals surface area contributed by atoms with Gasteiger partial charge in [0.2, 0.25) is 0 Å². The van der Waals surface area contributed by atoms with Crippen LogP contribution in [0.2, 0.25) is 5.15 Å². The summed E-state index contributed by atoms with van der Waals surface area (Å²) in [4.78, 5) is 8.72. The summed E-state index contributed by atoms with van der Waals surface area (Å²) in [5.74, 6) is 2.47. The van der Waals surface area contributed by atoms with Gasteiger partial charge in [0.1, 0.15) is 16.8 Å². The second kappa shape index (κ2) is 6.20. The second-order valence-electron chi connectivity index (χ2n) is 4.99. The van der Waals surface area contributed by atoms with Crippen molar-refractivity contribution in [2.75, 3.05) is 5.32 Å². The molecule has 0 aromatic carbocycles. The van der Waals surface area contributed by atoms with E-state index in [2.05, 4.69) is 49.9 Å². The van der Waals surface area contributed by atoms with Crippen LogP contribution >= 0.6 is 11.6 Å². The van der Waals surface area contributed by atoms with Gasteiger partial charge in [-0.1, -0.05) is 46.2 Å². The van der Waals surface area contributed by atoms with Crippen molar-refractivity contribution in [1.82, 2.24) is 9.97 Å². The van der Waals surface area contributed by atoms with E-state index in [9.17, 15) is 0 Å². The van der Waals surface area contributed by atoms with Crippen LogP contribution < -0.4 is 5.32 Å². The van der Waals surface area contributed by atoms with Crippen LogP contribution in [0.15, 0.2) is 6.07 Å². The van der Waals surface area contributed by atoms with Gasteiger partial charge in [0, 0.05) is 18.0 Å². The van der Waals surface area contributed by atoms with E-state index in [1.54, 1.807) is 6.07 Å². The maximum atomic E-state index is 6.01. The molecule has 0 fully saturated rings. The van der Waals surface area contributed by atoms with Crippen LogP contribution in [0.5, 0.6) is 0 Å². The van der Waals surface area contributed by atoms with Crippen LogP contribution in [0, 0.1) is 5.92 Å². The highest BCUT2D eigenvalue weighted by molar-refractivity contribution is 6.29. The number of aromatic nitrogens is 2. The fourth-order valence-corrected chi connectivity index (χ4v) is 1.89. The van der Waals surface area contributed by atoms with Crippen LogP contribution in [-0.4, -0.2) is 16.0 Å². The molecule has 96 valence electrons. The number of nitrogens with one attached hydrogen (secondary N) is 1. The fourth-order valence-electron chi connectivity index (χ4n) is 1.70. The predicted octanol–water partition coefficient (Wildman–Crippen LogP) is 4.10. The number of halogens is 1. The van der Waals surface area contributed by atoms with Gasteiger partial charge >= 0.3 is 0 Å². The van der Waals surface area contributed by atoms with Crippen LogP contribution in [0.3, 0.4) is 0 Å². The summed E-state index contributed by atoms with van der Waals surface area (Å²) < 4.78 is 0. The normalized spacial score (nSPS) is 13.2. The minimum atomic E-state index is 0.286. The topological polar surface area (TPSA) is 37.8 Å². The van der Waals surface area contributed by atoms with Gasteiger partial charge in [0.25, 0.3) is 0 Å². The molecule has 1 rings (SSSR count). The number of hydrogen-bond donors (Lipinski definition) is 1. The minimum absolute atomic E-state index is 0.286. The summed E-state index contributed by atoms with van der Waals surface area (Å²) in [6.07, 6.45) is 1.07. The van der Waals surface area contributed by atoms with Crippen molar-refractivity contribution in [3.05, 3.63) is 17.0 Å². The average molecular weight is 256 g/mol. The second-order valence-corrected chi connectivity index (χ2v) is 5.38. The van der Waals surface area contributed by atoms with Gasteiger partial charge in [-0.3, -0.25) is 0 Å². The summed E-state index contributed by atoms with van der Waals surface area (Å²) in [5.41, 5.74) is 0. The lowest BCUT2D eigenvalue weighted by molar-refractivity contribution is 0.509. The third kappa shape index (κ3) is 4.15. The van der Waals surface area contributed by atoms with Gasteiger partial charge < -0.3 is 5.32 Å². The first-order chi connectivity index (χ1) is 7.93. The lowest BCUT2D eigenvalue weighted by Gasteiger charge is -2.21. The first-order valence-electron chi connectivity index (χ1n) is 6.25. The Balaban J connectivity index is 2.90. The number of nitrogens with zero attached hydrogens (tertiary/aromatic N) is 2. The fraction of sp³-hybridized carbons (Fsp3) is 0.692. The van der Waals surface area contributed by atoms with E-state index >= 15 is 0 Å². The summed E-state index contributed by atoms with van der Waals surface area (Å²) in [5, 5.41) is 3.93.